The van der Waals surface area contributed by atoms with Crippen molar-refractivity contribution in [1.82, 2.24) is 4.90 Å². The predicted octanol–water partition coefficient (Wildman–Crippen LogP) is 3.56. The van der Waals surface area contributed by atoms with Gasteiger partial charge in [0.1, 0.15) is 11.4 Å². The molecule has 0 bridgehead atoms. The van der Waals surface area contributed by atoms with Crippen molar-refractivity contribution in [2.75, 3.05) is 13.2 Å². The maximum absolute atomic E-state index is 14.1. The van der Waals surface area contributed by atoms with Gasteiger partial charge < -0.3 is 9.64 Å². The molecule has 2 aromatic carbocycles. The van der Waals surface area contributed by atoms with Crippen molar-refractivity contribution >= 4 is 11.6 Å². The molecule has 136 valence electrons. The predicted molar refractivity (Wildman–Crippen MR) is 93.2 cm³/mol. The molecule has 0 spiro atoms. The molecular weight excluding hydrogens is 339 g/mol. The molecule has 7 heteroatoms. The third-order valence-electron chi connectivity index (χ3n) is 4.39. The van der Waals surface area contributed by atoms with Gasteiger partial charge in [-0.1, -0.05) is 30.3 Å². The van der Waals surface area contributed by atoms with E-state index in [0.717, 1.165) is 12.8 Å². The van der Waals surface area contributed by atoms with Crippen LogP contribution in [0.4, 0.5) is 10.1 Å². The van der Waals surface area contributed by atoms with Gasteiger partial charge in [-0.05, 0) is 25.0 Å². The Balaban J connectivity index is 1.90. The highest BCUT2D eigenvalue weighted by atomic mass is 19.1. The first-order valence-corrected chi connectivity index (χ1v) is 8.44. The zero-order chi connectivity index (χ0) is 18.5. The lowest BCUT2D eigenvalue weighted by Crippen LogP contribution is -2.37. The molecule has 1 amide bonds. The Labute approximate surface area is 150 Å². The zero-order valence-corrected chi connectivity index (χ0v) is 14.1. The number of rotatable bonds is 6. The summed E-state index contributed by atoms with van der Waals surface area (Å²) in [6.07, 6.45) is 1.56. The van der Waals surface area contributed by atoms with Crippen LogP contribution in [-0.4, -0.2) is 35.0 Å². The molecule has 0 aliphatic carbocycles. The second kappa shape index (κ2) is 8.05. The Morgan fingerprint density at radius 3 is 2.65 bits per heavy atom. The van der Waals surface area contributed by atoms with Crippen molar-refractivity contribution in [2.45, 2.75) is 25.5 Å². The third kappa shape index (κ3) is 4.05. The minimum Gasteiger partial charge on any atom is -0.376 e. The van der Waals surface area contributed by atoms with E-state index in [1.165, 1.54) is 29.2 Å². The quantitative estimate of drug-likeness (QED) is 0.585. The Bertz CT molecular complexity index is 806. The molecule has 1 atom stereocenters. The van der Waals surface area contributed by atoms with E-state index >= 15 is 0 Å². The van der Waals surface area contributed by atoms with E-state index in [4.69, 9.17) is 4.74 Å². The number of hydrogen-bond donors (Lipinski definition) is 0. The van der Waals surface area contributed by atoms with Crippen LogP contribution in [0, 0.1) is 15.9 Å². The first-order valence-electron chi connectivity index (χ1n) is 8.44. The van der Waals surface area contributed by atoms with Crippen molar-refractivity contribution in [3.63, 3.8) is 0 Å². The van der Waals surface area contributed by atoms with Crippen LogP contribution in [0.5, 0.6) is 0 Å². The number of halogens is 1. The van der Waals surface area contributed by atoms with Crippen molar-refractivity contribution in [3.8, 4) is 0 Å². The fraction of sp³-hybridized carbons (Fsp3) is 0.316. The maximum atomic E-state index is 14.1. The number of amides is 1. The Hall–Kier alpha value is -2.80. The smallest absolute Gasteiger partial charge is 0.282 e. The van der Waals surface area contributed by atoms with E-state index in [1.54, 1.807) is 24.3 Å². The van der Waals surface area contributed by atoms with Gasteiger partial charge in [0.25, 0.3) is 11.6 Å². The summed E-state index contributed by atoms with van der Waals surface area (Å²) in [4.78, 5) is 25.1. The van der Waals surface area contributed by atoms with Crippen molar-refractivity contribution in [3.05, 3.63) is 75.6 Å². The fourth-order valence-corrected chi connectivity index (χ4v) is 3.07. The molecule has 26 heavy (non-hydrogen) atoms. The molecular formula is C19H19FN2O4. The summed E-state index contributed by atoms with van der Waals surface area (Å²) in [5, 5.41) is 11.3. The SMILES string of the molecule is O=C(c1ccccc1[N+](=O)[O-])N(Cc1ccccc1F)CC1CCCO1. The average molecular weight is 358 g/mol. The summed E-state index contributed by atoms with van der Waals surface area (Å²) < 4.78 is 19.7. The molecule has 1 fully saturated rings. The molecule has 0 N–H and O–H groups in total. The summed E-state index contributed by atoms with van der Waals surface area (Å²) >= 11 is 0. The Morgan fingerprint density at radius 1 is 1.23 bits per heavy atom. The van der Waals surface area contributed by atoms with Gasteiger partial charge in [0.2, 0.25) is 0 Å². The van der Waals surface area contributed by atoms with E-state index in [0.29, 0.717) is 12.2 Å². The number of nitro benzene ring substituents is 1. The lowest BCUT2D eigenvalue weighted by Gasteiger charge is -2.26. The van der Waals surface area contributed by atoms with Gasteiger partial charge in [-0.2, -0.15) is 0 Å². The molecule has 0 saturated carbocycles. The van der Waals surface area contributed by atoms with Crippen LogP contribution >= 0.6 is 0 Å². The first kappa shape index (κ1) is 18.0. The number of carbonyl (C=O) groups is 1. The van der Waals surface area contributed by atoms with Gasteiger partial charge in [0.05, 0.1) is 11.0 Å². The van der Waals surface area contributed by atoms with Gasteiger partial charge in [0.15, 0.2) is 0 Å². The highest BCUT2D eigenvalue weighted by Crippen LogP contribution is 2.23. The highest BCUT2D eigenvalue weighted by molar-refractivity contribution is 5.98. The minimum atomic E-state index is -0.583. The molecule has 1 aliphatic heterocycles. The number of nitrogens with zero attached hydrogens (tertiary/aromatic N) is 2. The molecule has 6 nitrogen and oxygen atoms in total. The largest absolute Gasteiger partial charge is 0.376 e. The molecule has 0 radical (unpaired) electrons. The Morgan fingerprint density at radius 2 is 1.96 bits per heavy atom. The van der Waals surface area contributed by atoms with Crippen molar-refractivity contribution in [1.29, 1.82) is 0 Å². The van der Waals surface area contributed by atoms with Gasteiger partial charge in [-0.15, -0.1) is 0 Å². The normalized spacial score (nSPS) is 16.4. The van der Waals surface area contributed by atoms with Gasteiger partial charge in [-0.25, -0.2) is 4.39 Å². The summed E-state index contributed by atoms with van der Waals surface area (Å²) in [6, 6.07) is 12.0. The summed E-state index contributed by atoms with van der Waals surface area (Å²) in [5.41, 5.74) is 0.0904. The Kier molecular flexibility index (Phi) is 5.58. The molecule has 3 rings (SSSR count). The maximum Gasteiger partial charge on any atom is 0.282 e. The topological polar surface area (TPSA) is 72.7 Å². The van der Waals surface area contributed by atoms with Crippen molar-refractivity contribution < 1.29 is 18.8 Å². The second-order valence-electron chi connectivity index (χ2n) is 6.19. The number of nitro groups is 1. The van der Waals surface area contributed by atoms with Crippen LogP contribution in [0.25, 0.3) is 0 Å². The number of para-hydroxylation sites is 1. The first-order chi connectivity index (χ1) is 12.6. The van der Waals surface area contributed by atoms with Crippen LogP contribution in [-0.2, 0) is 11.3 Å². The molecule has 1 heterocycles. The standard InChI is InChI=1S/C19H19FN2O4/c20-17-9-3-1-6-14(17)12-21(13-15-7-5-11-26-15)19(23)16-8-2-4-10-18(16)22(24)25/h1-4,6,8-10,15H,5,7,11-13H2. The lowest BCUT2D eigenvalue weighted by atomic mass is 10.1. The monoisotopic (exact) mass is 358 g/mol. The number of benzene rings is 2. The van der Waals surface area contributed by atoms with Crippen molar-refractivity contribution in [2.24, 2.45) is 0 Å². The summed E-state index contributed by atoms with van der Waals surface area (Å²) in [5.74, 6) is -0.920. The zero-order valence-electron chi connectivity index (χ0n) is 14.1. The molecule has 2 aromatic rings. The number of carbonyl (C=O) groups excluding carboxylic acids is 1. The van der Waals surface area contributed by atoms with E-state index in [1.807, 2.05) is 0 Å². The van der Waals surface area contributed by atoms with Crippen LogP contribution in [0.2, 0.25) is 0 Å². The van der Waals surface area contributed by atoms with E-state index in [-0.39, 0.29) is 30.4 Å². The van der Waals surface area contributed by atoms with Gasteiger partial charge in [-0.3, -0.25) is 14.9 Å². The van der Waals surface area contributed by atoms with Gasteiger partial charge in [0, 0.05) is 31.3 Å². The summed E-state index contributed by atoms with van der Waals surface area (Å²) in [6.45, 7) is 0.911. The van der Waals surface area contributed by atoms with Crippen LogP contribution in [0.15, 0.2) is 48.5 Å². The van der Waals surface area contributed by atoms with Crippen LogP contribution in [0.1, 0.15) is 28.8 Å². The fourth-order valence-electron chi connectivity index (χ4n) is 3.07. The van der Waals surface area contributed by atoms with Crippen LogP contribution in [0.3, 0.4) is 0 Å². The number of hydrogen-bond acceptors (Lipinski definition) is 4. The molecule has 1 saturated heterocycles. The summed E-state index contributed by atoms with van der Waals surface area (Å²) in [7, 11) is 0. The van der Waals surface area contributed by atoms with E-state index in [9.17, 15) is 19.3 Å². The lowest BCUT2D eigenvalue weighted by molar-refractivity contribution is -0.385. The second-order valence-corrected chi connectivity index (χ2v) is 6.19. The third-order valence-corrected chi connectivity index (χ3v) is 4.39. The average Bonchev–Trinajstić information content (AvgIpc) is 3.15. The van der Waals surface area contributed by atoms with Gasteiger partial charge >= 0.3 is 0 Å². The molecule has 0 aromatic heterocycles. The molecule has 1 unspecified atom stereocenters. The van der Waals surface area contributed by atoms with E-state index in [2.05, 4.69) is 0 Å². The highest BCUT2D eigenvalue weighted by Gasteiger charge is 2.28. The van der Waals surface area contributed by atoms with Crippen LogP contribution < -0.4 is 0 Å². The molecule has 1 aliphatic rings. The van der Waals surface area contributed by atoms with E-state index < -0.39 is 16.6 Å². The number of ether oxygens (including phenoxy) is 1. The minimum absolute atomic E-state index is 0.00756.